The molecule has 2 amide bonds. The first-order valence-electron chi connectivity index (χ1n) is 10.5. The number of nitrogens with one attached hydrogen (secondary N) is 3. The van der Waals surface area contributed by atoms with Crippen molar-refractivity contribution < 1.29 is 19.1 Å². The predicted molar refractivity (Wildman–Crippen MR) is 124 cm³/mol. The summed E-state index contributed by atoms with van der Waals surface area (Å²) in [5.41, 5.74) is 2.52. The molecule has 0 saturated carbocycles. The number of hydrogen-bond acceptors (Lipinski definition) is 9. The van der Waals surface area contributed by atoms with E-state index in [1.807, 2.05) is 18.0 Å². The van der Waals surface area contributed by atoms with Crippen LogP contribution in [0.15, 0.2) is 24.7 Å². The average molecular weight is 454 g/mol. The molecule has 3 N–H and O–H groups in total. The van der Waals surface area contributed by atoms with Gasteiger partial charge >= 0.3 is 0 Å². The number of ether oxygens (including phenoxy) is 2. The molecular weight excluding hydrogens is 426 g/mol. The Kier molecular flexibility index (Phi) is 6.31. The van der Waals surface area contributed by atoms with Gasteiger partial charge in [-0.05, 0) is 13.1 Å². The lowest BCUT2D eigenvalue weighted by Gasteiger charge is -2.24. The standard InChI is InChI=1S/C22H27N7O4/c1-28-10-13-7-14(8-16(32-3)19(13)33-4)24-9-15-18-20(23-5-6-29(2)17(30)11-28)25-12-26-21(18)27-22(15)31/h7-9,12,24H,5-6,10-11H2,1-4H3,(H2,23,25,26,27,31)/b15-9-. The van der Waals surface area contributed by atoms with Crippen molar-refractivity contribution in [3.05, 3.63) is 35.8 Å². The van der Waals surface area contributed by atoms with E-state index in [4.69, 9.17) is 9.47 Å². The summed E-state index contributed by atoms with van der Waals surface area (Å²) >= 11 is 0. The fourth-order valence-electron chi connectivity index (χ4n) is 3.86. The highest BCUT2D eigenvalue weighted by Gasteiger charge is 2.29. The molecule has 1 aromatic carbocycles. The minimum atomic E-state index is -0.283. The van der Waals surface area contributed by atoms with Gasteiger partial charge in [-0.2, -0.15) is 0 Å². The highest BCUT2D eigenvalue weighted by atomic mass is 16.5. The zero-order chi connectivity index (χ0) is 23.5. The monoisotopic (exact) mass is 453 g/mol. The van der Waals surface area contributed by atoms with E-state index in [1.165, 1.54) is 6.33 Å². The molecule has 3 heterocycles. The van der Waals surface area contributed by atoms with Crippen LogP contribution in [-0.4, -0.2) is 79.5 Å². The number of benzene rings is 1. The minimum Gasteiger partial charge on any atom is -0.493 e. The maximum absolute atomic E-state index is 12.7. The van der Waals surface area contributed by atoms with E-state index in [0.29, 0.717) is 59.6 Å². The number of aromatic nitrogens is 2. The predicted octanol–water partition coefficient (Wildman–Crippen LogP) is 1.21. The SMILES string of the molecule is COc1cc2cc(c1OC)CN(C)CC(=O)N(C)CCNc1ncnc3c1/C(=C/N2)C(=O)N3. The van der Waals surface area contributed by atoms with E-state index >= 15 is 0 Å². The first kappa shape index (κ1) is 22.3. The molecule has 0 unspecified atom stereocenters. The average Bonchev–Trinajstić information content (AvgIpc) is 3.12. The Morgan fingerprint density at radius 2 is 1.82 bits per heavy atom. The van der Waals surface area contributed by atoms with Gasteiger partial charge in [-0.3, -0.25) is 14.5 Å². The Balaban J connectivity index is 1.80. The first-order valence-corrected chi connectivity index (χ1v) is 10.5. The number of fused-ring (bicyclic) bond motifs is 2. The molecule has 0 atom stereocenters. The van der Waals surface area contributed by atoms with E-state index in [0.717, 1.165) is 5.56 Å². The molecule has 2 aliphatic heterocycles. The molecule has 1 aromatic heterocycles. The Morgan fingerprint density at radius 1 is 1.03 bits per heavy atom. The van der Waals surface area contributed by atoms with Crippen LogP contribution >= 0.6 is 0 Å². The third-order valence-corrected chi connectivity index (χ3v) is 5.54. The number of rotatable bonds is 2. The van der Waals surface area contributed by atoms with E-state index in [1.54, 1.807) is 38.4 Å². The van der Waals surface area contributed by atoms with Crippen LogP contribution in [-0.2, 0) is 16.1 Å². The first-order chi connectivity index (χ1) is 15.9. The molecule has 11 nitrogen and oxygen atoms in total. The second-order valence-electron chi connectivity index (χ2n) is 7.89. The van der Waals surface area contributed by atoms with Crippen LogP contribution in [0.25, 0.3) is 5.57 Å². The normalized spacial score (nSPS) is 18.4. The molecule has 2 bridgehead atoms. The highest BCUT2D eigenvalue weighted by molar-refractivity contribution is 6.32. The van der Waals surface area contributed by atoms with Crippen molar-refractivity contribution in [3.8, 4) is 11.5 Å². The number of likely N-dealkylation sites (N-methyl/N-ethyl adjacent to an activating group) is 2. The number of methoxy groups -OCH3 is 2. The topological polar surface area (TPSA) is 121 Å². The molecule has 0 radical (unpaired) electrons. The fraction of sp³-hybridized carbons (Fsp3) is 0.364. The Hall–Kier alpha value is -3.86. The van der Waals surface area contributed by atoms with Crippen molar-refractivity contribution in [2.75, 3.05) is 63.9 Å². The molecule has 2 aromatic rings. The number of carbonyl (C=O) groups excluding carboxylic acids is 2. The maximum Gasteiger partial charge on any atom is 0.259 e. The fourth-order valence-corrected chi connectivity index (χ4v) is 3.86. The zero-order valence-electron chi connectivity index (χ0n) is 19.1. The largest absolute Gasteiger partial charge is 0.493 e. The number of carbonyl (C=O) groups is 2. The van der Waals surface area contributed by atoms with Crippen LogP contribution < -0.4 is 25.4 Å². The van der Waals surface area contributed by atoms with Crippen LogP contribution in [0.1, 0.15) is 11.1 Å². The van der Waals surface area contributed by atoms with Gasteiger partial charge in [0.1, 0.15) is 18.0 Å². The van der Waals surface area contributed by atoms with Crippen LogP contribution in [0.2, 0.25) is 0 Å². The van der Waals surface area contributed by atoms with Gasteiger partial charge in [-0.1, -0.05) is 0 Å². The second-order valence-corrected chi connectivity index (χ2v) is 7.89. The molecular formula is C22H27N7O4. The minimum absolute atomic E-state index is 0.0167. The molecule has 4 rings (SSSR count). The van der Waals surface area contributed by atoms with Crippen molar-refractivity contribution >= 4 is 34.7 Å². The quantitative estimate of drug-likeness (QED) is 0.616. The summed E-state index contributed by atoms with van der Waals surface area (Å²) in [7, 11) is 6.78. The van der Waals surface area contributed by atoms with E-state index in [-0.39, 0.29) is 18.4 Å². The number of nitrogens with zero attached hydrogens (tertiary/aromatic N) is 4. The molecule has 0 saturated heterocycles. The van der Waals surface area contributed by atoms with Gasteiger partial charge < -0.3 is 30.3 Å². The highest BCUT2D eigenvalue weighted by Crippen LogP contribution is 2.37. The van der Waals surface area contributed by atoms with Crippen molar-refractivity contribution in [1.82, 2.24) is 19.8 Å². The smallest absolute Gasteiger partial charge is 0.259 e. The zero-order valence-corrected chi connectivity index (χ0v) is 19.1. The molecule has 11 heteroatoms. The van der Waals surface area contributed by atoms with Crippen molar-refractivity contribution in [2.45, 2.75) is 6.54 Å². The van der Waals surface area contributed by atoms with Crippen LogP contribution in [0.3, 0.4) is 0 Å². The van der Waals surface area contributed by atoms with Crippen molar-refractivity contribution in [2.24, 2.45) is 0 Å². The number of hydrogen-bond donors (Lipinski definition) is 3. The van der Waals surface area contributed by atoms with Crippen LogP contribution in [0.5, 0.6) is 11.5 Å². The summed E-state index contributed by atoms with van der Waals surface area (Å²) in [6.45, 7) is 1.64. The lowest BCUT2D eigenvalue weighted by molar-refractivity contribution is -0.130. The van der Waals surface area contributed by atoms with Crippen LogP contribution in [0, 0.1) is 0 Å². The summed E-state index contributed by atoms with van der Waals surface area (Å²) in [6.07, 6.45) is 3.02. The summed E-state index contributed by atoms with van der Waals surface area (Å²) < 4.78 is 11.1. The number of amides is 2. The summed E-state index contributed by atoms with van der Waals surface area (Å²) in [5, 5.41) is 9.18. The van der Waals surface area contributed by atoms with Gasteiger partial charge in [-0.25, -0.2) is 9.97 Å². The summed E-state index contributed by atoms with van der Waals surface area (Å²) in [4.78, 5) is 37.4. The lowest BCUT2D eigenvalue weighted by atomic mass is 10.1. The molecule has 0 fully saturated rings. The molecule has 174 valence electrons. The summed E-state index contributed by atoms with van der Waals surface area (Å²) in [6, 6.07) is 3.69. The molecule has 2 aliphatic rings. The van der Waals surface area contributed by atoms with E-state index in [9.17, 15) is 9.59 Å². The van der Waals surface area contributed by atoms with Crippen molar-refractivity contribution in [3.63, 3.8) is 0 Å². The van der Waals surface area contributed by atoms with Gasteiger partial charge in [0, 0.05) is 50.2 Å². The Bertz CT molecular complexity index is 1120. The van der Waals surface area contributed by atoms with Gasteiger partial charge in [0.15, 0.2) is 11.5 Å². The van der Waals surface area contributed by atoms with Crippen molar-refractivity contribution in [1.29, 1.82) is 0 Å². The van der Waals surface area contributed by atoms with Gasteiger partial charge in [0.25, 0.3) is 5.91 Å². The Labute approximate surface area is 191 Å². The van der Waals surface area contributed by atoms with Gasteiger partial charge in [0.2, 0.25) is 5.91 Å². The van der Waals surface area contributed by atoms with E-state index < -0.39 is 0 Å². The molecule has 0 aliphatic carbocycles. The summed E-state index contributed by atoms with van der Waals surface area (Å²) in [5.74, 6) is 1.78. The number of anilines is 3. The third kappa shape index (κ3) is 4.53. The Morgan fingerprint density at radius 3 is 2.58 bits per heavy atom. The van der Waals surface area contributed by atoms with Gasteiger partial charge in [-0.15, -0.1) is 0 Å². The second kappa shape index (κ2) is 9.33. The van der Waals surface area contributed by atoms with E-state index in [2.05, 4.69) is 25.9 Å². The molecule has 33 heavy (non-hydrogen) atoms. The van der Waals surface area contributed by atoms with Crippen LogP contribution in [0.4, 0.5) is 17.3 Å². The molecule has 0 spiro atoms. The third-order valence-electron chi connectivity index (χ3n) is 5.54. The maximum atomic E-state index is 12.7. The van der Waals surface area contributed by atoms with Gasteiger partial charge in [0.05, 0.1) is 31.9 Å². The lowest BCUT2D eigenvalue weighted by Crippen LogP contribution is -2.38.